The molecule has 2 aliphatic carbocycles. The molecule has 326 valence electrons. The Labute approximate surface area is 394 Å². The molecule has 2 aromatic carbocycles. The number of carbonyl (C=O) groups is 2. The van der Waals surface area contributed by atoms with Crippen LogP contribution in [0.1, 0.15) is 105 Å². The summed E-state index contributed by atoms with van der Waals surface area (Å²) in [4.78, 5) is 32.0. The molecule has 0 amide bonds. The minimum absolute atomic E-state index is 0.0666. The van der Waals surface area contributed by atoms with Crippen molar-refractivity contribution in [1.29, 1.82) is 0 Å². The van der Waals surface area contributed by atoms with Crippen molar-refractivity contribution < 1.29 is 9.59 Å². The van der Waals surface area contributed by atoms with Gasteiger partial charge in [0, 0.05) is 63.7 Å². The maximum absolute atomic E-state index is 14.0. The van der Waals surface area contributed by atoms with Crippen LogP contribution >= 0.6 is 69.1 Å². The van der Waals surface area contributed by atoms with Crippen LogP contribution in [-0.2, 0) is 9.59 Å². The maximum Gasteiger partial charge on any atom is 0.185 e. The summed E-state index contributed by atoms with van der Waals surface area (Å²) in [5, 5.41) is 21.2. The number of benzene rings is 2. The van der Waals surface area contributed by atoms with E-state index in [2.05, 4.69) is 142 Å². The average molecular weight is 949 g/mol. The van der Waals surface area contributed by atoms with E-state index in [4.69, 9.17) is 56.6 Å². The molecule has 2 aliphatic rings. The molecular weight excluding hydrogens is 895 g/mol. The minimum atomic E-state index is -0.463. The van der Waals surface area contributed by atoms with Crippen LogP contribution in [0.2, 0.25) is 20.1 Å². The van der Waals surface area contributed by atoms with E-state index < -0.39 is 12.1 Å². The van der Waals surface area contributed by atoms with Gasteiger partial charge in [0.25, 0.3) is 0 Å². The number of hydrogen-bond donors (Lipinski definition) is 0. The average Bonchev–Trinajstić information content (AvgIpc) is 3.83. The molecule has 0 bridgehead atoms. The van der Waals surface area contributed by atoms with Crippen LogP contribution in [-0.4, -0.2) is 11.6 Å². The summed E-state index contributed by atoms with van der Waals surface area (Å²) in [7, 11) is 0. The Morgan fingerprint density at radius 3 is 1.05 bits per heavy atom. The van der Waals surface area contributed by atoms with E-state index in [-0.39, 0.29) is 45.1 Å². The zero-order valence-electron chi connectivity index (χ0n) is 37.3. The van der Waals surface area contributed by atoms with Crippen molar-refractivity contribution in [3.05, 3.63) is 137 Å². The number of allylic oxidation sites excluding steroid dienone is 4. The maximum atomic E-state index is 14.0. The van der Waals surface area contributed by atoms with Crippen LogP contribution in [0.25, 0.3) is 9.75 Å². The predicted molar refractivity (Wildman–Crippen MR) is 262 cm³/mol. The third-order valence-corrected chi connectivity index (χ3v) is 14.4. The minimum Gasteiger partial charge on any atom is -0.289 e. The Morgan fingerprint density at radius 1 is 0.468 bits per heavy atom. The number of nitrogens with zero attached hydrogens (tertiary/aromatic N) is 4. The molecule has 2 heterocycles. The summed E-state index contributed by atoms with van der Waals surface area (Å²) in [6.45, 7) is 24.9. The van der Waals surface area contributed by atoms with Gasteiger partial charge in [-0.15, -0.1) is 22.7 Å². The van der Waals surface area contributed by atoms with E-state index in [1.54, 1.807) is 59.1 Å². The normalized spacial score (nSPS) is 17.4. The summed E-state index contributed by atoms with van der Waals surface area (Å²) in [5.74, 6) is -0.390. The van der Waals surface area contributed by atoms with Gasteiger partial charge >= 0.3 is 0 Å². The first-order chi connectivity index (χ1) is 28.7. The molecule has 2 atom stereocenters. The molecule has 0 spiro atoms. The lowest BCUT2D eigenvalue weighted by Gasteiger charge is -2.34. The Hall–Kier alpha value is -3.50. The Bertz CT molecular complexity index is 2340. The summed E-state index contributed by atoms with van der Waals surface area (Å²) in [6.07, 6.45) is 8.29. The Morgan fingerprint density at radius 2 is 0.774 bits per heavy atom. The summed E-state index contributed by atoms with van der Waals surface area (Å²) in [6, 6.07) is 17.8. The fourth-order valence-electron chi connectivity index (χ4n) is 7.50. The smallest absolute Gasteiger partial charge is 0.185 e. The number of thiophene rings is 2. The SMILES string of the molecule is CC(C)(C)C1=CC(C(N=Nc2ccc(Cl)cc2Cl)c2ccc(-c3ccc(C(N=Nc4ccc(Cl)cc4Cl)C4C=C(C(C)(C)C)C(=O)C(C(C)(C)C)=C4)s3)s2)C=C(C(C)(C)C)C1=O. The van der Waals surface area contributed by atoms with Crippen LogP contribution in [0.3, 0.4) is 0 Å². The number of ketones is 2. The molecule has 0 fully saturated rings. The molecule has 0 aliphatic heterocycles. The summed E-state index contributed by atoms with van der Waals surface area (Å²) < 4.78 is 0. The topological polar surface area (TPSA) is 83.6 Å². The van der Waals surface area contributed by atoms with Crippen LogP contribution in [0.15, 0.2) is 128 Å². The second-order valence-electron chi connectivity index (χ2n) is 20.1. The van der Waals surface area contributed by atoms with E-state index in [1.807, 2.05) is 0 Å². The number of rotatable bonds is 9. The van der Waals surface area contributed by atoms with Crippen molar-refractivity contribution in [2.45, 2.75) is 95.2 Å². The summed E-state index contributed by atoms with van der Waals surface area (Å²) in [5.41, 5.74) is 2.49. The lowest BCUT2D eigenvalue weighted by atomic mass is 9.70. The molecule has 2 unspecified atom stereocenters. The van der Waals surface area contributed by atoms with Gasteiger partial charge in [-0.05, 0) is 82.3 Å². The molecule has 6 nitrogen and oxygen atoms in total. The van der Waals surface area contributed by atoms with Gasteiger partial charge in [-0.2, -0.15) is 20.5 Å². The van der Waals surface area contributed by atoms with Crippen molar-refractivity contribution in [3.63, 3.8) is 0 Å². The molecule has 4 aromatic rings. The van der Waals surface area contributed by atoms with E-state index in [0.717, 1.165) is 41.8 Å². The van der Waals surface area contributed by atoms with E-state index in [9.17, 15) is 9.59 Å². The van der Waals surface area contributed by atoms with Gasteiger partial charge in [0.15, 0.2) is 11.6 Å². The van der Waals surface area contributed by atoms with Crippen LogP contribution < -0.4 is 0 Å². The lowest BCUT2D eigenvalue weighted by molar-refractivity contribution is -0.115. The Kier molecular flexibility index (Phi) is 14.1. The fraction of sp³-hybridized carbons (Fsp3) is 0.400. The fourth-order valence-corrected chi connectivity index (χ4v) is 10.7. The Balaban J connectivity index is 1.46. The second-order valence-corrected chi connectivity index (χ2v) is 24.0. The molecule has 0 radical (unpaired) electrons. The number of Topliss-reactive ketones (excluding diaryl/α,β-unsaturated/α-hetero) is 2. The number of carbonyl (C=O) groups excluding carboxylic acids is 2. The van der Waals surface area contributed by atoms with Crippen molar-refractivity contribution in [1.82, 2.24) is 0 Å². The standard InChI is InChI=1S/C50H54Cl4N4O2S2/c1-47(2,3)31-21-27(22-32(45(31)59)48(4,5)6)43(57-55-37-15-13-29(51)25-35(37)53)41-19-17-39(61-41)40-18-20-42(62-40)44(58-56-38-16-14-30(52)26-36(38)54)28-23-33(49(7,8)9)46(60)34(24-28)50(10,11)12/h13-28,43-44H,1-12H3. The van der Waals surface area contributed by atoms with Crippen molar-refractivity contribution in [2.24, 2.45) is 54.0 Å². The zero-order chi connectivity index (χ0) is 45.7. The zero-order valence-corrected chi connectivity index (χ0v) is 42.0. The number of hydrogen-bond acceptors (Lipinski definition) is 8. The predicted octanol–water partition coefficient (Wildman–Crippen LogP) is 18.0. The monoisotopic (exact) mass is 946 g/mol. The highest BCUT2D eigenvalue weighted by molar-refractivity contribution is 7.22. The molecule has 62 heavy (non-hydrogen) atoms. The number of azo groups is 2. The van der Waals surface area contributed by atoms with Crippen molar-refractivity contribution in [3.8, 4) is 9.75 Å². The molecule has 6 rings (SSSR count). The van der Waals surface area contributed by atoms with E-state index >= 15 is 0 Å². The highest BCUT2D eigenvalue weighted by Gasteiger charge is 2.40. The van der Waals surface area contributed by atoms with Crippen LogP contribution in [0, 0.1) is 33.5 Å². The third-order valence-electron chi connectivity index (χ3n) is 10.9. The largest absolute Gasteiger partial charge is 0.289 e. The van der Waals surface area contributed by atoms with Crippen LogP contribution in [0.5, 0.6) is 0 Å². The molecule has 2 aromatic heterocycles. The highest BCUT2D eigenvalue weighted by atomic mass is 35.5. The van der Waals surface area contributed by atoms with E-state index in [0.29, 0.717) is 31.5 Å². The highest BCUT2D eigenvalue weighted by Crippen LogP contribution is 2.49. The first-order valence-corrected chi connectivity index (χ1v) is 23.8. The quantitative estimate of drug-likeness (QED) is 0.157. The van der Waals surface area contributed by atoms with E-state index in [1.165, 1.54) is 0 Å². The number of halogens is 4. The summed E-state index contributed by atoms with van der Waals surface area (Å²) >= 11 is 28.9. The van der Waals surface area contributed by atoms with Gasteiger partial charge in [0.1, 0.15) is 23.5 Å². The third kappa shape index (κ3) is 10.9. The molecule has 0 saturated carbocycles. The molecule has 0 saturated heterocycles. The van der Waals surface area contributed by atoms with Gasteiger partial charge in [0.05, 0.1) is 10.0 Å². The molecular formula is C50H54Cl4N4O2S2. The lowest BCUT2D eigenvalue weighted by Crippen LogP contribution is -2.30. The molecule has 12 heteroatoms. The van der Waals surface area contributed by atoms with Gasteiger partial charge in [0.2, 0.25) is 0 Å². The van der Waals surface area contributed by atoms with Gasteiger partial charge < -0.3 is 0 Å². The second kappa shape index (κ2) is 18.2. The van der Waals surface area contributed by atoms with Crippen LogP contribution in [0.4, 0.5) is 11.4 Å². The van der Waals surface area contributed by atoms with Gasteiger partial charge in [-0.1, -0.05) is 154 Å². The first kappa shape index (κ1) is 48.0. The van der Waals surface area contributed by atoms with Gasteiger partial charge in [-0.25, -0.2) is 0 Å². The molecule has 0 N–H and O–H groups in total. The first-order valence-electron chi connectivity index (χ1n) is 20.6. The van der Waals surface area contributed by atoms with Gasteiger partial charge in [-0.3, -0.25) is 9.59 Å². The van der Waals surface area contributed by atoms with Crippen molar-refractivity contribution >= 4 is 92.0 Å². The van der Waals surface area contributed by atoms with Crippen molar-refractivity contribution in [2.75, 3.05) is 0 Å².